The third-order valence-electron chi connectivity index (χ3n) is 5.50. The van der Waals surface area contributed by atoms with Gasteiger partial charge in [-0.3, -0.25) is 14.9 Å². The first-order valence-electron chi connectivity index (χ1n) is 10.0. The largest absolute Gasteiger partial charge is 0.438 e. The number of ether oxygens (including phenoxy) is 1. The molecule has 0 aliphatic carbocycles. The second kappa shape index (κ2) is 8.94. The van der Waals surface area contributed by atoms with Crippen LogP contribution in [-0.4, -0.2) is 38.9 Å². The van der Waals surface area contributed by atoms with E-state index in [2.05, 4.69) is 4.98 Å². The molecule has 1 saturated heterocycles. The number of amides is 1. The molecule has 164 valence electrons. The fourth-order valence-electron chi connectivity index (χ4n) is 3.71. The molecule has 8 nitrogen and oxygen atoms in total. The first kappa shape index (κ1) is 21.7. The van der Waals surface area contributed by atoms with Gasteiger partial charge in [0.2, 0.25) is 5.88 Å². The van der Waals surface area contributed by atoms with Gasteiger partial charge in [-0.25, -0.2) is 4.98 Å². The van der Waals surface area contributed by atoms with Crippen molar-refractivity contribution < 1.29 is 19.6 Å². The Kier molecular flexibility index (Phi) is 6.07. The molecule has 1 amide bonds. The Morgan fingerprint density at radius 1 is 1.12 bits per heavy atom. The van der Waals surface area contributed by atoms with Crippen LogP contribution in [-0.2, 0) is 5.60 Å². The Balaban J connectivity index is 1.49. The van der Waals surface area contributed by atoms with Crippen LogP contribution < -0.4 is 4.74 Å². The molecule has 1 N–H and O–H groups in total. The summed E-state index contributed by atoms with van der Waals surface area (Å²) in [6, 6.07) is 16.0. The quantitative estimate of drug-likeness (QED) is 0.448. The number of piperidine rings is 1. The van der Waals surface area contributed by atoms with E-state index in [1.54, 1.807) is 47.4 Å². The normalized spacial score (nSPS) is 15.2. The minimum atomic E-state index is -1.03. The van der Waals surface area contributed by atoms with Crippen LogP contribution in [0.3, 0.4) is 0 Å². The molecule has 1 aromatic heterocycles. The van der Waals surface area contributed by atoms with Crippen LogP contribution in [0.5, 0.6) is 11.6 Å². The van der Waals surface area contributed by atoms with Gasteiger partial charge in [-0.05, 0) is 48.7 Å². The van der Waals surface area contributed by atoms with Crippen molar-refractivity contribution in [3.63, 3.8) is 0 Å². The van der Waals surface area contributed by atoms with Gasteiger partial charge in [0.25, 0.3) is 11.6 Å². The van der Waals surface area contributed by atoms with E-state index < -0.39 is 10.5 Å². The number of nitrogens with zero attached hydrogens (tertiary/aromatic N) is 3. The smallest absolute Gasteiger partial charge is 0.273 e. The van der Waals surface area contributed by atoms with E-state index in [9.17, 15) is 20.0 Å². The summed E-state index contributed by atoms with van der Waals surface area (Å²) in [7, 11) is 0. The number of halogens is 1. The van der Waals surface area contributed by atoms with Crippen LogP contribution in [0.25, 0.3) is 0 Å². The number of aromatic nitrogens is 1. The Hall–Kier alpha value is -3.49. The summed E-state index contributed by atoms with van der Waals surface area (Å²) in [4.78, 5) is 29.4. The predicted octanol–water partition coefficient (Wildman–Crippen LogP) is 4.56. The molecule has 3 aromatic rings. The minimum absolute atomic E-state index is 0.0662. The lowest BCUT2D eigenvalue weighted by Gasteiger charge is -2.38. The summed E-state index contributed by atoms with van der Waals surface area (Å²) in [6.45, 7) is 0.701. The van der Waals surface area contributed by atoms with Crippen LogP contribution in [0, 0.1) is 10.1 Å². The number of carbonyl (C=O) groups is 1. The maximum Gasteiger partial charge on any atom is 0.273 e. The summed E-state index contributed by atoms with van der Waals surface area (Å²) in [6.07, 6.45) is 2.24. The van der Waals surface area contributed by atoms with Gasteiger partial charge in [-0.2, -0.15) is 0 Å². The molecular weight excluding hydrogens is 434 g/mol. The first-order chi connectivity index (χ1) is 15.4. The number of carbonyl (C=O) groups excluding carboxylic acids is 1. The van der Waals surface area contributed by atoms with Crippen molar-refractivity contribution >= 4 is 23.2 Å². The van der Waals surface area contributed by atoms with Crippen molar-refractivity contribution in [2.24, 2.45) is 0 Å². The topological polar surface area (TPSA) is 106 Å². The van der Waals surface area contributed by atoms with Gasteiger partial charge >= 0.3 is 0 Å². The molecule has 0 bridgehead atoms. The molecule has 0 saturated carbocycles. The second-order valence-corrected chi connectivity index (χ2v) is 7.98. The summed E-state index contributed by atoms with van der Waals surface area (Å²) < 4.78 is 5.71. The molecular formula is C23H20ClN3O5. The number of nitro groups is 1. The lowest BCUT2D eigenvalue weighted by Crippen LogP contribution is -2.45. The molecule has 32 heavy (non-hydrogen) atoms. The Labute approximate surface area is 189 Å². The van der Waals surface area contributed by atoms with Crippen LogP contribution in [0.1, 0.15) is 28.8 Å². The highest BCUT2D eigenvalue weighted by Gasteiger charge is 2.36. The lowest BCUT2D eigenvalue weighted by molar-refractivity contribution is -0.384. The zero-order chi connectivity index (χ0) is 22.7. The minimum Gasteiger partial charge on any atom is -0.438 e. The Morgan fingerprint density at radius 3 is 2.53 bits per heavy atom. The third kappa shape index (κ3) is 4.56. The number of pyridine rings is 1. The number of hydrogen-bond acceptors (Lipinski definition) is 6. The molecule has 2 aromatic carbocycles. The van der Waals surface area contributed by atoms with Crippen LogP contribution in [0.4, 0.5) is 5.69 Å². The highest BCUT2D eigenvalue weighted by atomic mass is 35.5. The van der Waals surface area contributed by atoms with Gasteiger partial charge in [0, 0.05) is 30.4 Å². The van der Waals surface area contributed by atoms with Gasteiger partial charge in [-0.1, -0.05) is 29.8 Å². The van der Waals surface area contributed by atoms with E-state index >= 15 is 0 Å². The van der Waals surface area contributed by atoms with E-state index in [4.69, 9.17) is 16.3 Å². The molecule has 4 rings (SSSR count). The van der Waals surface area contributed by atoms with E-state index in [1.165, 1.54) is 24.4 Å². The van der Waals surface area contributed by atoms with Crippen molar-refractivity contribution in [3.8, 4) is 11.6 Å². The van der Waals surface area contributed by atoms with Gasteiger partial charge < -0.3 is 14.7 Å². The molecule has 1 fully saturated rings. The predicted molar refractivity (Wildman–Crippen MR) is 118 cm³/mol. The number of hydrogen-bond donors (Lipinski definition) is 1. The maximum absolute atomic E-state index is 13.2. The first-order valence-corrected chi connectivity index (χ1v) is 10.4. The average molecular weight is 454 g/mol. The average Bonchev–Trinajstić information content (AvgIpc) is 2.80. The number of benzene rings is 2. The van der Waals surface area contributed by atoms with Gasteiger partial charge in [-0.15, -0.1) is 0 Å². The summed E-state index contributed by atoms with van der Waals surface area (Å²) in [5.41, 5.74) is -0.136. The molecule has 9 heteroatoms. The molecule has 0 radical (unpaired) electrons. The highest BCUT2D eigenvalue weighted by molar-refractivity contribution is 6.30. The van der Waals surface area contributed by atoms with Crippen molar-refractivity contribution in [1.82, 2.24) is 9.88 Å². The summed E-state index contributed by atoms with van der Waals surface area (Å²) in [5, 5.41) is 22.7. The third-order valence-corrected chi connectivity index (χ3v) is 5.76. The zero-order valence-electron chi connectivity index (χ0n) is 17.0. The molecule has 2 heterocycles. The van der Waals surface area contributed by atoms with E-state index in [1.807, 2.05) is 0 Å². The van der Waals surface area contributed by atoms with Gasteiger partial charge in [0.1, 0.15) is 11.3 Å². The summed E-state index contributed by atoms with van der Waals surface area (Å²) in [5.74, 6) is -0.00377. The van der Waals surface area contributed by atoms with Crippen molar-refractivity contribution in [1.29, 1.82) is 0 Å². The molecule has 0 spiro atoms. The van der Waals surface area contributed by atoms with E-state index in [-0.39, 0.29) is 28.8 Å². The highest BCUT2D eigenvalue weighted by Crippen LogP contribution is 2.34. The number of likely N-dealkylation sites (tertiary alicyclic amines) is 1. The monoisotopic (exact) mass is 453 g/mol. The number of rotatable bonds is 5. The summed E-state index contributed by atoms with van der Waals surface area (Å²) >= 11 is 5.94. The van der Waals surface area contributed by atoms with Gasteiger partial charge in [0.05, 0.1) is 16.6 Å². The fraction of sp³-hybridized carbons (Fsp3) is 0.217. The van der Waals surface area contributed by atoms with E-state index in [0.29, 0.717) is 31.0 Å². The lowest BCUT2D eigenvalue weighted by atomic mass is 9.84. The SMILES string of the molecule is O=C(c1cccnc1Oc1cccc([N+](=O)[O-])c1)N1CCC(O)(c2ccc(Cl)cc2)CC1. The fourth-order valence-corrected chi connectivity index (χ4v) is 3.83. The van der Waals surface area contributed by atoms with Crippen molar-refractivity contribution in [2.75, 3.05) is 13.1 Å². The van der Waals surface area contributed by atoms with Crippen LogP contribution in [0.2, 0.25) is 5.02 Å². The zero-order valence-corrected chi connectivity index (χ0v) is 17.7. The Bertz CT molecular complexity index is 1140. The van der Waals surface area contributed by atoms with Gasteiger partial charge in [0.15, 0.2) is 0 Å². The number of non-ortho nitro benzene ring substituents is 1. The van der Waals surface area contributed by atoms with Crippen LogP contribution in [0.15, 0.2) is 66.9 Å². The standard InChI is InChI=1S/C23H20ClN3O5/c24-17-8-6-16(7-9-17)23(29)10-13-26(14-11-23)22(28)20-5-2-12-25-21(20)32-19-4-1-3-18(15-19)27(30)31/h1-9,12,15,29H,10-11,13-14H2. The molecule has 0 atom stereocenters. The maximum atomic E-state index is 13.2. The van der Waals surface area contributed by atoms with Crippen molar-refractivity contribution in [2.45, 2.75) is 18.4 Å². The molecule has 0 unspecified atom stereocenters. The molecule has 1 aliphatic heterocycles. The number of aliphatic hydroxyl groups is 1. The molecule has 1 aliphatic rings. The Morgan fingerprint density at radius 2 is 1.84 bits per heavy atom. The van der Waals surface area contributed by atoms with Crippen molar-refractivity contribution in [3.05, 3.63) is 93.1 Å². The second-order valence-electron chi connectivity index (χ2n) is 7.54. The van der Waals surface area contributed by atoms with E-state index in [0.717, 1.165) is 5.56 Å². The number of nitro benzene ring substituents is 1. The van der Waals surface area contributed by atoms with Crippen LogP contribution >= 0.6 is 11.6 Å².